The van der Waals surface area contributed by atoms with Gasteiger partial charge in [0.25, 0.3) is 10.1 Å². The Labute approximate surface area is 179 Å². The Kier molecular flexibility index (Phi) is 6.92. The molecule has 0 aliphatic carbocycles. The topological polar surface area (TPSA) is 43.4 Å². The lowest BCUT2D eigenvalue weighted by atomic mass is 9.87. The van der Waals surface area contributed by atoms with Gasteiger partial charge < -0.3 is 0 Å². The predicted octanol–water partition coefficient (Wildman–Crippen LogP) is 7.00. The molecule has 0 spiro atoms. The zero-order valence-corrected chi connectivity index (χ0v) is 19.6. The number of hydrogen-bond donors (Lipinski definition) is 0. The average Bonchev–Trinajstić information content (AvgIpc) is 2.54. The molecule has 2 rings (SSSR count). The van der Waals surface area contributed by atoms with Crippen LogP contribution in [0.1, 0.15) is 47.1 Å². The zero-order valence-electron chi connectivity index (χ0n) is 17.3. The quantitative estimate of drug-likeness (QED) is 0.467. The van der Waals surface area contributed by atoms with E-state index in [1.54, 1.807) is 36.4 Å². The first-order chi connectivity index (χ1) is 12.7. The van der Waals surface area contributed by atoms with Crippen LogP contribution in [0.5, 0.6) is 0 Å². The molecule has 0 unspecified atom stereocenters. The lowest BCUT2D eigenvalue weighted by Crippen LogP contribution is -2.21. The van der Waals surface area contributed by atoms with Gasteiger partial charge in [-0.25, -0.2) is 0 Å². The van der Waals surface area contributed by atoms with Crippen molar-refractivity contribution in [3.8, 4) is 11.1 Å². The summed E-state index contributed by atoms with van der Waals surface area (Å²) in [4.78, 5) is 0.140. The second kappa shape index (κ2) is 8.35. The molecule has 0 saturated carbocycles. The molecule has 2 aromatic carbocycles. The minimum absolute atomic E-state index is 0.0802. The normalized spacial score (nSPS) is 13.0. The van der Waals surface area contributed by atoms with Crippen molar-refractivity contribution in [2.45, 2.75) is 52.9 Å². The molecule has 6 heteroatoms. The molecule has 2 aromatic rings. The van der Waals surface area contributed by atoms with Gasteiger partial charge in [0.15, 0.2) is 0 Å². The number of rotatable bonds is 5. The molecule has 0 N–H and O–H groups in total. The Hall–Kier alpha value is -1.07. The van der Waals surface area contributed by atoms with E-state index in [2.05, 4.69) is 0 Å². The zero-order chi connectivity index (χ0) is 21.3. The standard InChI is InChI=1S/C22H28Cl2O3S/c1-21(2,3)13-18-19(24)12-11-17(15-7-9-16(23)10-8-15)20(18)28(25,26)27-14-22(4,5)6/h7-12H,13-14H2,1-6H3. The van der Waals surface area contributed by atoms with E-state index in [1.807, 2.05) is 41.5 Å². The van der Waals surface area contributed by atoms with E-state index >= 15 is 0 Å². The minimum Gasteiger partial charge on any atom is -0.266 e. The van der Waals surface area contributed by atoms with Gasteiger partial charge in [0, 0.05) is 15.6 Å². The Morgan fingerprint density at radius 3 is 1.93 bits per heavy atom. The van der Waals surface area contributed by atoms with Crippen LogP contribution in [-0.4, -0.2) is 15.0 Å². The summed E-state index contributed by atoms with van der Waals surface area (Å²) in [5, 5.41) is 1.01. The molecule has 0 atom stereocenters. The molecule has 154 valence electrons. The maximum absolute atomic E-state index is 13.3. The monoisotopic (exact) mass is 442 g/mol. The van der Waals surface area contributed by atoms with Crippen LogP contribution >= 0.6 is 23.2 Å². The second-order valence-corrected chi connectivity index (χ2v) is 11.8. The van der Waals surface area contributed by atoms with Crippen molar-refractivity contribution in [1.82, 2.24) is 0 Å². The molecule has 0 fully saturated rings. The van der Waals surface area contributed by atoms with Crippen LogP contribution in [0.15, 0.2) is 41.3 Å². The van der Waals surface area contributed by atoms with Crippen LogP contribution in [0.2, 0.25) is 10.0 Å². The van der Waals surface area contributed by atoms with Gasteiger partial charge >= 0.3 is 0 Å². The SMILES string of the molecule is CC(C)(C)COS(=O)(=O)c1c(-c2ccc(Cl)cc2)ccc(Cl)c1CC(C)(C)C. The predicted molar refractivity (Wildman–Crippen MR) is 118 cm³/mol. The van der Waals surface area contributed by atoms with Crippen molar-refractivity contribution in [2.24, 2.45) is 10.8 Å². The highest BCUT2D eigenvalue weighted by molar-refractivity contribution is 7.87. The Balaban J connectivity index is 2.73. The van der Waals surface area contributed by atoms with Gasteiger partial charge in [-0.05, 0) is 46.6 Å². The fourth-order valence-corrected chi connectivity index (χ4v) is 4.73. The van der Waals surface area contributed by atoms with Gasteiger partial charge in [0.2, 0.25) is 0 Å². The molecule has 3 nitrogen and oxygen atoms in total. The molecular weight excluding hydrogens is 415 g/mol. The first kappa shape index (κ1) is 23.2. The molecule has 0 bridgehead atoms. The third-order valence-electron chi connectivity index (χ3n) is 3.96. The second-order valence-electron chi connectivity index (χ2n) is 9.42. The summed E-state index contributed by atoms with van der Waals surface area (Å²) in [6.07, 6.45) is 0.501. The molecule has 0 heterocycles. The summed E-state index contributed by atoms with van der Waals surface area (Å²) >= 11 is 12.5. The van der Waals surface area contributed by atoms with E-state index in [9.17, 15) is 8.42 Å². The molecule has 0 amide bonds. The van der Waals surface area contributed by atoms with E-state index in [0.717, 1.165) is 5.56 Å². The number of hydrogen-bond acceptors (Lipinski definition) is 3. The third kappa shape index (κ3) is 6.21. The van der Waals surface area contributed by atoms with Crippen LogP contribution in [0.25, 0.3) is 11.1 Å². The smallest absolute Gasteiger partial charge is 0.266 e. The van der Waals surface area contributed by atoms with Crippen molar-refractivity contribution in [3.63, 3.8) is 0 Å². The molecule has 28 heavy (non-hydrogen) atoms. The third-order valence-corrected chi connectivity index (χ3v) is 5.96. The summed E-state index contributed by atoms with van der Waals surface area (Å²) in [5.74, 6) is 0. The Morgan fingerprint density at radius 2 is 1.43 bits per heavy atom. The minimum atomic E-state index is -4.03. The fraction of sp³-hybridized carbons (Fsp3) is 0.455. The summed E-state index contributed by atoms with van der Waals surface area (Å²) < 4.78 is 32.0. The average molecular weight is 443 g/mol. The van der Waals surface area contributed by atoms with Crippen LogP contribution in [-0.2, 0) is 20.7 Å². The van der Waals surface area contributed by atoms with Crippen LogP contribution < -0.4 is 0 Å². The van der Waals surface area contributed by atoms with E-state index in [4.69, 9.17) is 27.4 Å². The van der Waals surface area contributed by atoms with Gasteiger partial charge in [0.05, 0.1) is 6.61 Å². The maximum atomic E-state index is 13.3. The van der Waals surface area contributed by atoms with Crippen molar-refractivity contribution >= 4 is 33.3 Å². The van der Waals surface area contributed by atoms with Gasteiger partial charge in [0.1, 0.15) is 4.90 Å². The molecule has 0 radical (unpaired) electrons. The number of halogens is 2. The first-order valence-corrected chi connectivity index (χ1v) is 11.3. The lowest BCUT2D eigenvalue weighted by Gasteiger charge is -2.24. The van der Waals surface area contributed by atoms with Gasteiger partial charge in [-0.15, -0.1) is 0 Å². The highest BCUT2D eigenvalue weighted by Gasteiger charge is 2.30. The van der Waals surface area contributed by atoms with Crippen molar-refractivity contribution < 1.29 is 12.6 Å². The van der Waals surface area contributed by atoms with Crippen molar-refractivity contribution in [2.75, 3.05) is 6.61 Å². The molecule has 0 aliphatic heterocycles. The fourth-order valence-electron chi connectivity index (χ4n) is 2.75. The molecule has 0 saturated heterocycles. The van der Waals surface area contributed by atoms with Gasteiger partial charge in [-0.3, -0.25) is 4.18 Å². The maximum Gasteiger partial charge on any atom is 0.297 e. The summed E-state index contributed by atoms with van der Waals surface area (Å²) in [6.45, 7) is 12.0. The van der Waals surface area contributed by atoms with Gasteiger partial charge in [-0.1, -0.05) is 82.9 Å². The largest absolute Gasteiger partial charge is 0.297 e. The van der Waals surface area contributed by atoms with E-state index in [-0.39, 0.29) is 22.3 Å². The van der Waals surface area contributed by atoms with Gasteiger partial charge in [-0.2, -0.15) is 8.42 Å². The summed E-state index contributed by atoms with van der Waals surface area (Å²) in [7, 11) is -4.03. The Morgan fingerprint density at radius 1 is 0.857 bits per heavy atom. The lowest BCUT2D eigenvalue weighted by molar-refractivity contribution is 0.203. The van der Waals surface area contributed by atoms with E-state index < -0.39 is 10.1 Å². The van der Waals surface area contributed by atoms with Crippen molar-refractivity contribution in [3.05, 3.63) is 52.0 Å². The van der Waals surface area contributed by atoms with Crippen LogP contribution in [0.3, 0.4) is 0 Å². The first-order valence-electron chi connectivity index (χ1n) is 9.16. The highest BCUT2D eigenvalue weighted by Crippen LogP contribution is 2.39. The molecular formula is C22H28Cl2O3S. The summed E-state index contributed by atoms with van der Waals surface area (Å²) in [6, 6.07) is 10.5. The van der Waals surface area contributed by atoms with E-state index in [0.29, 0.717) is 27.6 Å². The van der Waals surface area contributed by atoms with E-state index in [1.165, 1.54) is 0 Å². The van der Waals surface area contributed by atoms with Crippen LogP contribution in [0, 0.1) is 10.8 Å². The Bertz CT molecular complexity index is 935. The summed E-state index contributed by atoms with van der Waals surface area (Å²) in [5.41, 5.74) is 1.44. The highest BCUT2D eigenvalue weighted by atomic mass is 35.5. The van der Waals surface area contributed by atoms with Crippen LogP contribution in [0.4, 0.5) is 0 Å². The molecule has 0 aromatic heterocycles. The molecule has 0 aliphatic rings. The van der Waals surface area contributed by atoms with Crippen molar-refractivity contribution in [1.29, 1.82) is 0 Å². The number of benzene rings is 2.